The Kier molecular flexibility index (Phi) is 3.78. The Bertz CT molecular complexity index is 654. The molecule has 2 heterocycles. The minimum atomic E-state index is -0.495. The quantitative estimate of drug-likeness (QED) is 0.684. The van der Waals surface area contributed by atoms with Crippen LogP contribution in [0, 0.1) is 0 Å². The Morgan fingerprint density at radius 2 is 1.67 bits per heavy atom. The van der Waals surface area contributed by atoms with Gasteiger partial charge in [0.25, 0.3) is 0 Å². The normalized spacial score (nSPS) is 11.8. The Morgan fingerprint density at radius 3 is 2.33 bits per heavy atom. The van der Waals surface area contributed by atoms with Crippen molar-refractivity contribution in [3.05, 3.63) is 90.1 Å². The van der Waals surface area contributed by atoms with Crippen molar-refractivity contribution < 1.29 is 13.9 Å². The van der Waals surface area contributed by atoms with Crippen molar-refractivity contribution in [2.24, 2.45) is 0 Å². The summed E-state index contributed by atoms with van der Waals surface area (Å²) in [4.78, 5) is 16.1. The van der Waals surface area contributed by atoms with Gasteiger partial charge in [-0.15, -0.1) is 0 Å². The summed E-state index contributed by atoms with van der Waals surface area (Å²) < 4.78 is 10.7. The average molecular weight is 279 g/mol. The minimum Gasteiger partial charge on any atom is -0.457 e. The largest absolute Gasteiger partial charge is 0.457 e. The van der Waals surface area contributed by atoms with Gasteiger partial charge in [-0.2, -0.15) is 0 Å². The van der Waals surface area contributed by atoms with Gasteiger partial charge in [0.15, 0.2) is 6.10 Å². The second-order valence-corrected chi connectivity index (χ2v) is 4.45. The Labute approximate surface area is 122 Å². The Balaban J connectivity index is 1.92. The molecule has 0 saturated carbocycles. The fraction of sp³-hybridized carbons (Fsp3) is 0.0588. The lowest BCUT2D eigenvalue weighted by Gasteiger charge is -2.18. The van der Waals surface area contributed by atoms with Crippen LogP contribution in [0.2, 0.25) is 0 Å². The maximum Gasteiger partial charge on any atom is 0.375 e. The summed E-state index contributed by atoms with van der Waals surface area (Å²) in [5.41, 5.74) is 1.75. The highest BCUT2D eigenvalue weighted by molar-refractivity contribution is 5.86. The van der Waals surface area contributed by atoms with Gasteiger partial charge in [-0.1, -0.05) is 30.3 Å². The fourth-order valence-corrected chi connectivity index (χ4v) is 2.05. The van der Waals surface area contributed by atoms with Crippen LogP contribution in [-0.2, 0) is 4.74 Å². The van der Waals surface area contributed by atoms with Gasteiger partial charge >= 0.3 is 5.97 Å². The van der Waals surface area contributed by atoms with E-state index in [0.717, 1.165) is 11.1 Å². The van der Waals surface area contributed by atoms with Crippen molar-refractivity contribution in [2.45, 2.75) is 6.10 Å². The van der Waals surface area contributed by atoms with Crippen LogP contribution in [0.15, 0.2) is 77.7 Å². The van der Waals surface area contributed by atoms with Gasteiger partial charge < -0.3 is 9.15 Å². The number of rotatable bonds is 4. The molecule has 4 heteroatoms. The number of hydrogen-bond acceptors (Lipinski definition) is 4. The minimum absolute atomic E-state index is 0.185. The molecule has 0 bridgehead atoms. The van der Waals surface area contributed by atoms with Crippen molar-refractivity contribution in [3.63, 3.8) is 0 Å². The summed E-state index contributed by atoms with van der Waals surface area (Å²) >= 11 is 0. The first-order chi connectivity index (χ1) is 10.3. The number of ether oxygens (including phenoxy) is 1. The summed E-state index contributed by atoms with van der Waals surface area (Å²) in [6.45, 7) is 0. The number of pyridine rings is 1. The zero-order valence-corrected chi connectivity index (χ0v) is 11.2. The molecular formula is C17H13NO3. The molecule has 0 spiro atoms. The second kappa shape index (κ2) is 6.05. The topological polar surface area (TPSA) is 52.3 Å². The van der Waals surface area contributed by atoms with E-state index in [-0.39, 0.29) is 5.76 Å². The first-order valence-corrected chi connectivity index (χ1v) is 6.54. The summed E-state index contributed by atoms with van der Waals surface area (Å²) in [6, 6.07) is 16.5. The number of furan rings is 1. The highest BCUT2D eigenvalue weighted by atomic mass is 16.6. The number of nitrogens with zero attached hydrogens (tertiary/aromatic N) is 1. The van der Waals surface area contributed by atoms with Crippen molar-refractivity contribution >= 4 is 5.97 Å². The van der Waals surface area contributed by atoms with Crippen LogP contribution in [0.3, 0.4) is 0 Å². The van der Waals surface area contributed by atoms with Crippen LogP contribution in [0.25, 0.3) is 0 Å². The maximum absolute atomic E-state index is 12.1. The van der Waals surface area contributed by atoms with Gasteiger partial charge in [-0.25, -0.2) is 4.79 Å². The van der Waals surface area contributed by atoms with Crippen LogP contribution >= 0.6 is 0 Å². The molecule has 4 nitrogen and oxygen atoms in total. The molecule has 0 aliphatic rings. The monoisotopic (exact) mass is 279 g/mol. The molecule has 0 fully saturated rings. The molecule has 2 aromatic heterocycles. The number of aromatic nitrogens is 1. The van der Waals surface area contributed by atoms with E-state index in [1.54, 1.807) is 24.5 Å². The van der Waals surface area contributed by atoms with Gasteiger partial charge in [0.1, 0.15) is 0 Å². The van der Waals surface area contributed by atoms with Crippen molar-refractivity contribution in [2.75, 3.05) is 0 Å². The maximum atomic E-state index is 12.1. The van der Waals surface area contributed by atoms with Gasteiger partial charge in [-0.3, -0.25) is 4.98 Å². The molecule has 0 amide bonds. The van der Waals surface area contributed by atoms with E-state index in [1.165, 1.54) is 6.26 Å². The highest BCUT2D eigenvalue weighted by Crippen LogP contribution is 2.26. The SMILES string of the molecule is O=C(O[C@@H](c1ccccc1)c1ccncc1)c1ccco1. The van der Waals surface area contributed by atoms with Crippen molar-refractivity contribution in [1.82, 2.24) is 4.98 Å². The van der Waals surface area contributed by atoms with Gasteiger partial charge in [-0.05, 0) is 29.8 Å². The lowest BCUT2D eigenvalue weighted by molar-refractivity contribution is 0.0341. The van der Waals surface area contributed by atoms with E-state index in [2.05, 4.69) is 4.98 Å². The van der Waals surface area contributed by atoms with Crippen LogP contribution < -0.4 is 0 Å². The molecule has 1 atom stereocenters. The Hall–Kier alpha value is -2.88. The lowest BCUT2D eigenvalue weighted by atomic mass is 10.0. The van der Waals surface area contributed by atoms with Gasteiger partial charge in [0.2, 0.25) is 5.76 Å². The standard InChI is InChI=1S/C17H13NO3/c19-17(15-7-4-12-20-15)21-16(13-5-2-1-3-6-13)14-8-10-18-11-9-14/h1-12,16H/t16-/m0/s1. The summed E-state index contributed by atoms with van der Waals surface area (Å²) in [5, 5.41) is 0. The first kappa shape index (κ1) is 13.1. The van der Waals surface area contributed by atoms with Gasteiger partial charge in [0, 0.05) is 18.0 Å². The molecule has 0 saturated heterocycles. The molecule has 0 N–H and O–H groups in total. The molecule has 3 rings (SSSR count). The number of benzene rings is 1. The fourth-order valence-electron chi connectivity index (χ4n) is 2.05. The van der Waals surface area contributed by atoms with Crippen LogP contribution in [-0.4, -0.2) is 11.0 Å². The van der Waals surface area contributed by atoms with Gasteiger partial charge in [0.05, 0.1) is 6.26 Å². The van der Waals surface area contributed by atoms with E-state index in [4.69, 9.17) is 9.15 Å². The summed E-state index contributed by atoms with van der Waals surface area (Å²) in [5.74, 6) is -0.310. The smallest absolute Gasteiger partial charge is 0.375 e. The third kappa shape index (κ3) is 3.00. The summed E-state index contributed by atoms with van der Waals surface area (Å²) in [7, 11) is 0. The second-order valence-electron chi connectivity index (χ2n) is 4.45. The molecule has 104 valence electrons. The highest BCUT2D eigenvalue weighted by Gasteiger charge is 2.21. The third-order valence-corrected chi connectivity index (χ3v) is 3.06. The predicted octanol–water partition coefficient (Wildman–Crippen LogP) is 3.62. The van der Waals surface area contributed by atoms with Crippen molar-refractivity contribution in [1.29, 1.82) is 0 Å². The van der Waals surface area contributed by atoms with Crippen LogP contribution in [0.1, 0.15) is 27.8 Å². The van der Waals surface area contributed by atoms with E-state index in [1.807, 2.05) is 42.5 Å². The molecule has 1 aromatic carbocycles. The van der Waals surface area contributed by atoms with Crippen LogP contribution in [0.4, 0.5) is 0 Å². The zero-order chi connectivity index (χ0) is 14.5. The number of hydrogen-bond donors (Lipinski definition) is 0. The molecule has 0 radical (unpaired) electrons. The number of carbonyl (C=O) groups excluding carboxylic acids is 1. The number of esters is 1. The van der Waals surface area contributed by atoms with E-state index in [9.17, 15) is 4.79 Å². The lowest BCUT2D eigenvalue weighted by Crippen LogP contribution is -2.12. The molecule has 0 aliphatic carbocycles. The van der Waals surface area contributed by atoms with E-state index < -0.39 is 12.1 Å². The molecule has 3 aromatic rings. The third-order valence-electron chi connectivity index (χ3n) is 3.06. The first-order valence-electron chi connectivity index (χ1n) is 6.54. The predicted molar refractivity (Wildman–Crippen MR) is 76.6 cm³/mol. The number of carbonyl (C=O) groups is 1. The summed E-state index contributed by atoms with van der Waals surface area (Å²) in [6.07, 6.45) is 4.30. The molecule has 21 heavy (non-hydrogen) atoms. The molecule has 0 aliphatic heterocycles. The van der Waals surface area contributed by atoms with E-state index >= 15 is 0 Å². The molecule has 0 unspecified atom stereocenters. The van der Waals surface area contributed by atoms with Crippen LogP contribution in [0.5, 0.6) is 0 Å². The average Bonchev–Trinajstić information content (AvgIpc) is 3.09. The molecular weight excluding hydrogens is 266 g/mol. The van der Waals surface area contributed by atoms with E-state index in [0.29, 0.717) is 0 Å². The Morgan fingerprint density at radius 1 is 0.952 bits per heavy atom. The zero-order valence-electron chi connectivity index (χ0n) is 11.2. The van der Waals surface area contributed by atoms with Crippen molar-refractivity contribution in [3.8, 4) is 0 Å².